The Balaban J connectivity index is 2.28. The first kappa shape index (κ1) is 12.0. The van der Waals surface area contributed by atoms with Crippen molar-refractivity contribution >= 4 is 43.1 Å². The van der Waals surface area contributed by atoms with Crippen molar-refractivity contribution in [2.45, 2.75) is 6.61 Å². The summed E-state index contributed by atoms with van der Waals surface area (Å²) in [6.45, 7) is 0.0676. The van der Waals surface area contributed by atoms with Crippen LogP contribution in [0, 0.1) is 0 Å². The van der Waals surface area contributed by atoms with Gasteiger partial charge in [0, 0.05) is 0 Å². The summed E-state index contributed by atoms with van der Waals surface area (Å²) in [7, 11) is 0. The van der Waals surface area contributed by atoms with Crippen molar-refractivity contribution in [2.75, 3.05) is 0 Å². The summed E-state index contributed by atoms with van der Waals surface area (Å²) in [4.78, 5) is 0. The zero-order chi connectivity index (χ0) is 14.7. The van der Waals surface area contributed by atoms with Gasteiger partial charge in [0.1, 0.15) is 0 Å². The van der Waals surface area contributed by atoms with Crippen molar-refractivity contribution in [1.82, 2.24) is 0 Å². The van der Waals surface area contributed by atoms with E-state index in [0.29, 0.717) is 0 Å². The van der Waals surface area contributed by atoms with E-state index in [-0.39, 0.29) is 6.61 Å². The molecule has 5 rings (SSSR count). The van der Waals surface area contributed by atoms with E-state index in [4.69, 9.17) is 0 Å². The first-order chi connectivity index (χ1) is 10.9. The van der Waals surface area contributed by atoms with Gasteiger partial charge in [0.15, 0.2) is 0 Å². The topological polar surface area (TPSA) is 20.2 Å². The van der Waals surface area contributed by atoms with Gasteiger partial charge < -0.3 is 5.11 Å². The number of benzene rings is 5. The third-order valence-corrected chi connectivity index (χ3v) is 4.77. The van der Waals surface area contributed by atoms with Crippen LogP contribution in [0.15, 0.2) is 66.7 Å². The van der Waals surface area contributed by atoms with E-state index in [1.165, 1.54) is 43.1 Å². The molecule has 0 spiro atoms. The first-order valence-corrected chi connectivity index (χ1v) is 7.56. The van der Waals surface area contributed by atoms with Gasteiger partial charge in [-0.1, -0.05) is 66.7 Å². The molecule has 0 aromatic heterocycles. The molecule has 0 radical (unpaired) electrons. The molecule has 0 amide bonds. The van der Waals surface area contributed by atoms with Gasteiger partial charge in [-0.25, -0.2) is 0 Å². The van der Waals surface area contributed by atoms with Crippen LogP contribution in [-0.4, -0.2) is 5.11 Å². The highest BCUT2D eigenvalue weighted by atomic mass is 16.3. The normalized spacial score (nSPS) is 12.0. The Hall–Kier alpha value is -2.64. The fourth-order valence-electron chi connectivity index (χ4n) is 3.86. The SMILES string of the molecule is OCc1ccc2cccc3c4cccc5cccc(c1c23)c54. The molecule has 5 aromatic carbocycles. The molecule has 22 heavy (non-hydrogen) atoms. The lowest BCUT2D eigenvalue weighted by atomic mass is 9.88. The summed E-state index contributed by atoms with van der Waals surface area (Å²) < 4.78 is 0. The van der Waals surface area contributed by atoms with Crippen LogP contribution in [0.1, 0.15) is 5.56 Å². The van der Waals surface area contributed by atoms with Gasteiger partial charge >= 0.3 is 0 Å². The van der Waals surface area contributed by atoms with Gasteiger partial charge in [0.2, 0.25) is 0 Å². The van der Waals surface area contributed by atoms with Gasteiger partial charge in [0.05, 0.1) is 6.61 Å². The van der Waals surface area contributed by atoms with E-state index in [1.54, 1.807) is 0 Å². The molecule has 0 aliphatic carbocycles. The number of fused-ring (bicyclic) bond motifs is 2. The molecule has 0 aliphatic heterocycles. The first-order valence-electron chi connectivity index (χ1n) is 7.56. The number of aliphatic hydroxyl groups excluding tert-OH is 1. The third kappa shape index (κ3) is 1.36. The van der Waals surface area contributed by atoms with Gasteiger partial charge in [0.25, 0.3) is 0 Å². The van der Waals surface area contributed by atoms with E-state index >= 15 is 0 Å². The third-order valence-electron chi connectivity index (χ3n) is 4.77. The van der Waals surface area contributed by atoms with E-state index in [9.17, 15) is 5.11 Å². The summed E-state index contributed by atoms with van der Waals surface area (Å²) in [6, 6.07) is 23.6. The Morgan fingerprint density at radius 2 is 1.14 bits per heavy atom. The predicted octanol–water partition coefficient (Wildman–Crippen LogP) is 5.23. The summed E-state index contributed by atoms with van der Waals surface area (Å²) >= 11 is 0. The maximum atomic E-state index is 9.83. The maximum absolute atomic E-state index is 9.83. The van der Waals surface area contributed by atoms with Crippen molar-refractivity contribution in [1.29, 1.82) is 0 Å². The van der Waals surface area contributed by atoms with Crippen LogP contribution < -0.4 is 0 Å². The summed E-state index contributed by atoms with van der Waals surface area (Å²) in [5.41, 5.74) is 1.00. The standard InChI is InChI=1S/C21H14O/c22-12-15-11-10-14-6-2-8-17-16-7-1-4-13-5-3-9-18(19(13)16)21(15)20(14)17/h1-11,22H,12H2. The fourth-order valence-corrected chi connectivity index (χ4v) is 3.86. The Labute approximate surface area is 127 Å². The molecule has 5 aromatic rings. The molecule has 1 nitrogen and oxygen atoms in total. The van der Waals surface area contributed by atoms with Crippen LogP contribution in [-0.2, 0) is 6.61 Å². The smallest absolute Gasteiger partial charge is 0.0688 e. The Morgan fingerprint density at radius 3 is 1.82 bits per heavy atom. The fraction of sp³-hybridized carbons (Fsp3) is 0.0476. The van der Waals surface area contributed by atoms with Crippen LogP contribution in [0.25, 0.3) is 43.1 Å². The van der Waals surface area contributed by atoms with E-state index in [0.717, 1.165) is 5.56 Å². The molecule has 0 aliphatic rings. The van der Waals surface area contributed by atoms with Crippen LogP contribution in [0.5, 0.6) is 0 Å². The van der Waals surface area contributed by atoms with Crippen LogP contribution in [0.2, 0.25) is 0 Å². The van der Waals surface area contributed by atoms with Gasteiger partial charge in [-0.15, -0.1) is 0 Å². The molecule has 0 atom stereocenters. The van der Waals surface area contributed by atoms with Gasteiger partial charge in [-0.2, -0.15) is 0 Å². The number of hydrogen-bond acceptors (Lipinski definition) is 1. The van der Waals surface area contributed by atoms with Crippen LogP contribution in [0.3, 0.4) is 0 Å². The Kier molecular flexibility index (Phi) is 2.28. The second-order valence-electron chi connectivity index (χ2n) is 5.87. The molecule has 1 heteroatoms. The van der Waals surface area contributed by atoms with Crippen LogP contribution in [0.4, 0.5) is 0 Å². The molecule has 1 N–H and O–H groups in total. The quantitative estimate of drug-likeness (QED) is 0.330. The largest absolute Gasteiger partial charge is 0.392 e. The average Bonchev–Trinajstić information content (AvgIpc) is 2.59. The van der Waals surface area contributed by atoms with Crippen molar-refractivity contribution in [3.05, 3.63) is 72.3 Å². The van der Waals surface area contributed by atoms with Crippen LogP contribution >= 0.6 is 0 Å². The zero-order valence-corrected chi connectivity index (χ0v) is 12.0. The predicted molar refractivity (Wildman–Crippen MR) is 93.6 cm³/mol. The highest BCUT2D eigenvalue weighted by Crippen LogP contribution is 2.41. The lowest BCUT2D eigenvalue weighted by Gasteiger charge is -2.16. The molecule has 0 saturated heterocycles. The number of hydrogen-bond donors (Lipinski definition) is 1. The Morgan fingerprint density at radius 1 is 0.545 bits per heavy atom. The lowest BCUT2D eigenvalue weighted by Crippen LogP contribution is -1.91. The molecule has 0 unspecified atom stereocenters. The zero-order valence-electron chi connectivity index (χ0n) is 12.0. The van der Waals surface area contributed by atoms with E-state index < -0.39 is 0 Å². The molecular formula is C21H14O. The molecule has 0 heterocycles. The second-order valence-corrected chi connectivity index (χ2v) is 5.87. The maximum Gasteiger partial charge on any atom is 0.0688 e. The van der Waals surface area contributed by atoms with Crippen molar-refractivity contribution in [3.63, 3.8) is 0 Å². The van der Waals surface area contributed by atoms with E-state index in [2.05, 4.69) is 60.7 Å². The number of aliphatic hydroxyl groups is 1. The highest BCUT2D eigenvalue weighted by Gasteiger charge is 2.14. The minimum absolute atomic E-state index is 0.0676. The summed E-state index contributed by atoms with van der Waals surface area (Å²) in [6.07, 6.45) is 0. The minimum Gasteiger partial charge on any atom is -0.392 e. The summed E-state index contributed by atoms with van der Waals surface area (Å²) in [5.74, 6) is 0. The molecule has 0 saturated carbocycles. The molecular weight excluding hydrogens is 268 g/mol. The monoisotopic (exact) mass is 282 g/mol. The molecule has 0 bridgehead atoms. The number of rotatable bonds is 1. The van der Waals surface area contributed by atoms with Crippen molar-refractivity contribution in [2.24, 2.45) is 0 Å². The second kappa shape index (κ2) is 4.19. The Bertz CT molecular complexity index is 1150. The highest BCUT2D eigenvalue weighted by molar-refractivity contribution is 6.33. The van der Waals surface area contributed by atoms with Crippen molar-refractivity contribution < 1.29 is 5.11 Å². The molecule has 0 fully saturated rings. The molecule has 104 valence electrons. The van der Waals surface area contributed by atoms with Gasteiger partial charge in [-0.05, 0) is 48.7 Å². The summed E-state index contributed by atoms with van der Waals surface area (Å²) in [5, 5.41) is 19.9. The van der Waals surface area contributed by atoms with Crippen molar-refractivity contribution in [3.8, 4) is 0 Å². The van der Waals surface area contributed by atoms with Gasteiger partial charge in [-0.3, -0.25) is 0 Å². The average molecular weight is 282 g/mol. The van der Waals surface area contributed by atoms with E-state index in [1.807, 2.05) is 6.07 Å². The lowest BCUT2D eigenvalue weighted by molar-refractivity contribution is 0.283. The minimum atomic E-state index is 0.0676.